The highest BCUT2D eigenvalue weighted by atomic mass is 16.5. The second-order valence-electron chi connectivity index (χ2n) is 4.81. The number of fused-ring (bicyclic) bond motifs is 1. The van der Waals surface area contributed by atoms with Crippen molar-refractivity contribution in [1.29, 1.82) is 0 Å². The first-order chi connectivity index (χ1) is 10.8. The van der Waals surface area contributed by atoms with Crippen LogP contribution in [-0.4, -0.2) is 27.9 Å². The van der Waals surface area contributed by atoms with Gasteiger partial charge in [0.1, 0.15) is 11.5 Å². The van der Waals surface area contributed by atoms with Crippen molar-refractivity contribution in [1.82, 2.24) is 14.2 Å². The zero-order valence-electron chi connectivity index (χ0n) is 12.3. The van der Waals surface area contributed by atoms with Gasteiger partial charge in [-0.1, -0.05) is 6.07 Å². The summed E-state index contributed by atoms with van der Waals surface area (Å²) in [6, 6.07) is 12.9. The Balaban J connectivity index is 1.55. The molecule has 2 heterocycles. The lowest BCUT2D eigenvalue weighted by atomic mass is 10.3. The lowest BCUT2D eigenvalue weighted by Gasteiger charge is -2.06. The van der Waals surface area contributed by atoms with Crippen molar-refractivity contribution in [2.45, 2.75) is 13.0 Å². The van der Waals surface area contributed by atoms with E-state index in [1.54, 1.807) is 13.3 Å². The summed E-state index contributed by atoms with van der Waals surface area (Å²) < 4.78 is 13.7. The number of aryl methyl sites for hydroxylation is 1. The minimum atomic E-state index is -0.125. The van der Waals surface area contributed by atoms with Crippen molar-refractivity contribution in [3.63, 3.8) is 0 Å². The van der Waals surface area contributed by atoms with Crippen LogP contribution in [0.5, 0.6) is 11.5 Å². The second kappa shape index (κ2) is 6.34. The monoisotopic (exact) mass is 299 g/mol. The molecule has 0 atom stereocenters. The van der Waals surface area contributed by atoms with Crippen LogP contribution >= 0.6 is 0 Å². The number of hydrogen-bond donors (Lipinski definition) is 0. The summed E-state index contributed by atoms with van der Waals surface area (Å²) in [6.45, 7) is 1.04. The Hall–Kier alpha value is -2.76. The maximum atomic E-state index is 12.1. The number of rotatable bonds is 6. The smallest absolute Gasteiger partial charge is 0.350 e. The largest absolute Gasteiger partial charge is 0.497 e. The van der Waals surface area contributed by atoms with Crippen LogP contribution in [0.2, 0.25) is 0 Å². The van der Waals surface area contributed by atoms with E-state index in [-0.39, 0.29) is 5.69 Å². The highest BCUT2D eigenvalue weighted by Gasteiger charge is 2.05. The highest BCUT2D eigenvalue weighted by molar-refractivity contribution is 5.35. The van der Waals surface area contributed by atoms with E-state index in [1.165, 1.54) is 9.08 Å². The molecule has 0 unspecified atom stereocenters. The van der Waals surface area contributed by atoms with Gasteiger partial charge in [-0.15, -0.1) is 5.10 Å². The number of ether oxygens (including phenoxy) is 2. The number of nitrogens with zero attached hydrogens (tertiary/aromatic N) is 3. The molecule has 0 saturated heterocycles. The van der Waals surface area contributed by atoms with Gasteiger partial charge in [-0.25, -0.2) is 9.48 Å². The molecule has 0 radical (unpaired) electrons. The molecule has 0 N–H and O–H groups in total. The van der Waals surface area contributed by atoms with E-state index >= 15 is 0 Å². The molecule has 3 aromatic rings. The summed E-state index contributed by atoms with van der Waals surface area (Å²) >= 11 is 0. The molecule has 0 aliphatic rings. The lowest BCUT2D eigenvalue weighted by molar-refractivity contribution is 0.297. The van der Waals surface area contributed by atoms with E-state index < -0.39 is 0 Å². The lowest BCUT2D eigenvalue weighted by Crippen LogP contribution is -2.22. The third-order valence-electron chi connectivity index (χ3n) is 3.33. The summed E-state index contributed by atoms with van der Waals surface area (Å²) in [4.78, 5) is 12.1. The zero-order valence-corrected chi connectivity index (χ0v) is 12.3. The molecule has 0 bridgehead atoms. The standard InChI is InChI=1S/C16H17N3O3/c1-21-13-6-8-14(9-7-13)22-12-4-11-19-16(20)18-10-3-2-5-15(18)17-19/h2-3,5-10H,4,11-12H2,1H3. The summed E-state index contributed by atoms with van der Waals surface area (Å²) in [5.41, 5.74) is 0.531. The van der Waals surface area contributed by atoms with Crippen LogP contribution in [0, 0.1) is 0 Å². The Morgan fingerprint density at radius 3 is 2.59 bits per heavy atom. The van der Waals surface area contributed by atoms with Crippen molar-refractivity contribution in [3.8, 4) is 11.5 Å². The molecule has 0 fully saturated rings. The summed E-state index contributed by atoms with van der Waals surface area (Å²) in [5.74, 6) is 1.58. The summed E-state index contributed by atoms with van der Waals surface area (Å²) in [6.07, 6.45) is 2.42. The third-order valence-corrected chi connectivity index (χ3v) is 3.33. The average Bonchev–Trinajstić information content (AvgIpc) is 2.89. The number of hydrogen-bond acceptors (Lipinski definition) is 4. The van der Waals surface area contributed by atoms with Crippen LogP contribution in [0.25, 0.3) is 5.65 Å². The van der Waals surface area contributed by atoms with Crippen molar-refractivity contribution < 1.29 is 9.47 Å². The Kier molecular flexibility index (Phi) is 4.09. The van der Waals surface area contributed by atoms with Crippen LogP contribution in [0.15, 0.2) is 53.5 Å². The van der Waals surface area contributed by atoms with Crippen molar-refractivity contribution >= 4 is 5.65 Å². The molecule has 6 nitrogen and oxygen atoms in total. The fraction of sp³-hybridized carbons (Fsp3) is 0.250. The van der Waals surface area contributed by atoms with E-state index in [9.17, 15) is 4.79 Å². The van der Waals surface area contributed by atoms with Crippen LogP contribution in [0.1, 0.15) is 6.42 Å². The molecular formula is C16H17N3O3. The molecule has 3 rings (SSSR count). The number of aromatic nitrogens is 3. The Labute approximate surface area is 127 Å². The van der Waals surface area contributed by atoms with Crippen LogP contribution in [0.4, 0.5) is 0 Å². The van der Waals surface area contributed by atoms with Crippen LogP contribution in [-0.2, 0) is 6.54 Å². The molecule has 2 aromatic heterocycles. The predicted octanol–water partition coefficient (Wildman–Crippen LogP) is 1.97. The van der Waals surface area contributed by atoms with Gasteiger partial charge in [-0.3, -0.25) is 4.40 Å². The highest BCUT2D eigenvalue weighted by Crippen LogP contribution is 2.17. The van der Waals surface area contributed by atoms with E-state index in [1.807, 2.05) is 42.5 Å². The molecule has 114 valence electrons. The molecular weight excluding hydrogens is 282 g/mol. The quantitative estimate of drug-likeness (QED) is 0.653. The van der Waals surface area contributed by atoms with Gasteiger partial charge in [0, 0.05) is 19.2 Å². The zero-order chi connectivity index (χ0) is 15.4. The maximum Gasteiger partial charge on any atom is 0.350 e. The van der Waals surface area contributed by atoms with Gasteiger partial charge in [-0.05, 0) is 36.4 Å². The first-order valence-electron chi connectivity index (χ1n) is 7.09. The van der Waals surface area contributed by atoms with Crippen molar-refractivity contribution in [2.75, 3.05) is 13.7 Å². The number of benzene rings is 1. The van der Waals surface area contributed by atoms with Gasteiger partial charge in [0.25, 0.3) is 0 Å². The van der Waals surface area contributed by atoms with Gasteiger partial charge < -0.3 is 9.47 Å². The molecule has 0 aliphatic carbocycles. The maximum absolute atomic E-state index is 12.1. The summed E-state index contributed by atoms with van der Waals surface area (Å²) in [5, 5.41) is 4.27. The van der Waals surface area contributed by atoms with Crippen LogP contribution in [0.3, 0.4) is 0 Å². The van der Waals surface area contributed by atoms with E-state index in [2.05, 4.69) is 5.10 Å². The van der Waals surface area contributed by atoms with E-state index in [0.29, 0.717) is 25.2 Å². The first kappa shape index (κ1) is 14.2. The minimum Gasteiger partial charge on any atom is -0.497 e. The molecule has 0 spiro atoms. The second-order valence-corrected chi connectivity index (χ2v) is 4.81. The molecule has 0 aliphatic heterocycles. The average molecular weight is 299 g/mol. The predicted molar refractivity (Wildman–Crippen MR) is 82.6 cm³/mol. The fourth-order valence-corrected chi connectivity index (χ4v) is 2.19. The Morgan fingerprint density at radius 2 is 1.86 bits per heavy atom. The minimum absolute atomic E-state index is 0.125. The normalized spacial score (nSPS) is 10.8. The molecule has 22 heavy (non-hydrogen) atoms. The topological polar surface area (TPSA) is 57.8 Å². The van der Waals surface area contributed by atoms with Crippen molar-refractivity contribution in [3.05, 3.63) is 59.1 Å². The van der Waals surface area contributed by atoms with Crippen LogP contribution < -0.4 is 15.2 Å². The molecule has 0 amide bonds. The van der Waals surface area contributed by atoms with E-state index in [0.717, 1.165) is 11.5 Å². The van der Waals surface area contributed by atoms with Gasteiger partial charge >= 0.3 is 5.69 Å². The van der Waals surface area contributed by atoms with Gasteiger partial charge in [-0.2, -0.15) is 0 Å². The molecule has 0 saturated carbocycles. The Bertz CT molecular complexity index is 805. The number of methoxy groups -OCH3 is 1. The van der Waals surface area contributed by atoms with Gasteiger partial charge in [0.15, 0.2) is 5.65 Å². The first-order valence-corrected chi connectivity index (χ1v) is 7.09. The molecule has 6 heteroatoms. The molecule has 1 aromatic carbocycles. The number of pyridine rings is 1. The van der Waals surface area contributed by atoms with Gasteiger partial charge in [0.2, 0.25) is 0 Å². The van der Waals surface area contributed by atoms with E-state index in [4.69, 9.17) is 9.47 Å². The van der Waals surface area contributed by atoms with Crippen molar-refractivity contribution in [2.24, 2.45) is 0 Å². The third kappa shape index (κ3) is 2.95. The summed E-state index contributed by atoms with van der Waals surface area (Å²) in [7, 11) is 1.63. The fourth-order valence-electron chi connectivity index (χ4n) is 2.19. The van der Waals surface area contributed by atoms with Gasteiger partial charge in [0.05, 0.1) is 13.7 Å². The SMILES string of the molecule is COc1ccc(OCCCn2nc3ccccn3c2=O)cc1. The Morgan fingerprint density at radius 1 is 1.09 bits per heavy atom.